The molecule has 0 radical (unpaired) electrons. The lowest BCUT2D eigenvalue weighted by Crippen LogP contribution is -2.60. The van der Waals surface area contributed by atoms with Gasteiger partial charge in [0, 0.05) is 31.2 Å². The third-order valence-electron chi connectivity index (χ3n) is 5.86. The highest BCUT2D eigenvalue weighted by molar-refractivity contribution is 7.91. The van der Waals surface area contributed by atoms with E-state index in [0.717, 1.165) is 13.1 Å². The molecule has 0 bridgehead atoms. The van der Waals surface area contributed by atoms with Crippen molar-refractivity contribution in [2.24, 2.45) is 5.92 Å². The van der Waals surface area contributed by atoms with Crippen LogP contribution in [0.2, 0.25) is 0 Å². The summed E-state index contributed by atoms with van der Waals surface area (Å²) >= 11 is 0. The Bertz CT molecular complexity index is 851. The third kappa shape index (κ3) is 2.85. The normalized spacial score (nSPS) is 29.6. The minimum absolute atomic E-state index is 0.0646. The Morgan fingerprint density at radius 2 is 1.85 bits per heavy atom. The van der Waals surface area contributed by atoms with E-state index >= 15 is 0 Å². The van der Waals surface area contributed by atoms with Crippen molar-refractivity contribution in [3.05, 3.63) is 23.8 Å². The van der Waals surface area contributed by atoms with Gasteiger partial charge < -0.3 is 14.4 Å². The lowest BCUT2D eigenvalue weighted by atomic mass is 10.0. The molecule has 3 fully saturated rings. The zero-order chi connectivity index (χ0) is 17.9. The van der Waals surface area contributed by atoms with E-state index in [4.69, 9.17) is 9.47 Å². The second-order valence-corrected chi connectivity index (χ2v) is 9.87. The van der Waals surface area contributed by atoms with Crippen molar-refractivity contribution in [3.63, 3.8) is 0 Å². The molecule has 3 aliphatic heterocycles. The van der Waals surface area contributed by atoms with Crippen molar-refractivity contribution < 1.29 is 22.7 Å². The smallest absolute Gasteiger partial charge is 0.254 e. The molecule has 1 aromatic rings. The van der Waals surface area contributed by atoms with Gasteiger partial charge in [0.25, 0.3) is 5.91 Å². The molecule has 1 amide bonds. The van der Waals surface area contributed by atoms with Crippen LogP contribution in [-0.2, 0) is 9.84 Å². The third-order valence-corrected chi connectivity index (χ3v) is 7.56. The molecule has 4 aliphatic rings. The first kappa shape index (κ1) is 16.4. The Labute approximate surface area is 152 Å². The number of amides is 1. The number of piperazine rings is 1. The van der Waals surface area contributed by atoms with E-state index in [1.807, 2.05) is 0 Å². The summed E-state index contributed by atoms with van der Waals surface area (Å²) in [5, 5.41) is 0. The predicted molar refractivity (Wildman–Crippen MR) is 94.1 cm³/mol. The molecule has 2 saturated heterocycles. The first-order chi connectivity index (χ1) is 12.5. The second-order valence-electron chi connectivity index (χ2n) is 7.72. The number of carbonyl (C=O) groups excluding carboxylic acids is 1. The molecule has 0 aromatic heterocycles. The van der Waals surface area contributed by atoms with Gasteiger partial charge in [0.05, 0.1) is 17.5 Å². The van der Waals surface area contributed by atoms with Gasteiger partial charge in [-0.15, -0.1) is 0 Å². The average molecular weight is 378 g/mol. The molecular formula is C18H22N2O5S. The van der Waals surface area contributed by atoms with Crippen LogP contribution in [-0.4, -0.2) is 74.1 Å². The van der Waals surface area contributed by atoms with Crippen LogP contribution in [0, 0.1) is 5.92 Å². The number of carbonyl (C=O) groups is 1. The highest BCUT2D eigenvalue weighted by atomic mass is 32.2. The van der Waals surface area contributed by atoms with Crippen molar-refractivity contribution in [2.75, 3.05) is 37.9 Å². The van der Waals surface area contributed by atoms with Crippen LogP contribution in [0.5, 0.6) is 11.5 Å². The SMILES string of the molecule is O=C(c1ccc2c(c1)OCO2)N1CCN(CC2CC2)[C@@H]2CS(=O)(=O)C[C@@H]21. The summed E-state index contributed by atoms with van der Waals surface area (Å²) in [6.45, 7) is 2.43. The molecule has 1 saturated carbocycles. The first-order valence-electron chi connectivity index (χ1n) is 9.15. The van der Waals surface area contributed by atoms with Crippen LogP contribution < -0.4 is 9.47 Å². The van der Waals surface area contributed by atoms with Gasteiger partial charge in [-0.1, -0.05) is 0 Å². The van der Waals surface area contributed by atoms with E-state index in [1.54, 1.807) is 23.1 Å². The first-order valence-corrected chi connectivity index (χ1v) is 11.0. The zero-order valence-corrected chi connectivity index (χ0v) is 15.3. The van der Waals surface area contributed by atoms with Crippen molar-refractivity contribution >= 4 is 15.7 Å². The second kappa shape index (κ2) is 5.85. The van der Waals surface area contributed by atoms with Crippen molar-refractivity contribution in [3.8, 4) is 11.5 Å². The molecule has 26 heavy (non-hydrogen) atoms. The highest BCUT2D eigenvalue weighted by Gasteiger charge is 2.48. The number of rotatable bonds is 3. The van der Waals surface area contributed by atoms with E-state index in [0.29, 0.717) is 29.5 Å². The topological polar surface area (TPSA) is 76.2 Å². The van der Waals surface area contributed by atoms with Gasteiger partial charge in [-0.3, -0.25) is 9.69 Å². The molecule has 7 nitrogen and oxygen atoms in total. The van der Waals surface area contributed by atoms with Crippen molar-refractivity contribution in [1.29, 1.82) is 0 Å². The van der Waals surface area contributed by atoms with Crippen LogP contribution >= 0.6 is 0 Å². The summed E-state index contributed by atoms with van der Waals surface area (Å²) in [5.74, 6) is 2.01. The van der Waals surface area contributed by atoms with Gasteiger partial charge in [0.1, 0.15) is 0 Å². The van der Waals surface area contributed by atoms with Crippen molar-refractivity contribution in [1.82, 2.24) is 9.80 Å². The quantitative estimate of drug-likeness (QED) is 0.773. The highest BCUT2D eigenvalue weighted by Crippen LogP contribution is 2.36. The van der Waals surface area contributed by atoms with Crippen LogP contribution in [0.3, 0.4) is 0 Å². The largest absolute Gasteiger partial charge is 0.454 e. The monoisotopic (exact) mass is 378 g/mol. The van der Waals surface area contributed by atoms with E-state index < -0.39 is 9.84 Å². The Balaban J connectivity index is 1.41. The number of fused-ring (bicyclic) bond motifs is 2. The molecule has 8 heteroatoms. The maximum atomic E-state index is 13.1. The minimum Gasteiger partial charge on any atom is -0.454 e. The van der Waals surface area contributed by atoms with E-state index in [1.165, 1.54) is 12.8 Å². The molecular weight excluding hydrogens is 356 g/mol. The summed E-state index contributed by atoms with van der Waals surface area (Å²) in [5.41, 5.74) is 0.521. The van der Waals surface area contributed by atoms with Gasteiger partial charge in [-0.05, 0) is 37.0 Å². The Morgan fingerprint density at radius 1 is 1.08 bits per heavy atom. The maximum Gasteiger partial charge on any atom is 0.254 e. The molecule has 140 valence electrons. The van der Waals surface area contributed by atoms with Gasteiger partial charge in [-0.25, -0.2) is 8.42 Å². The van der Waals surface area contributed by atoms with Crippen LogP contribution in [0.25, 0.3) is 0 Å². The number of benzene rings is 1. The van der Waals surface area contributed by atoms with E-state index in [-0.39, 0.29) is 36.3 Å². The average Bonchev–Trinajstić information content (AvgIpc) is 3.18. The molecule has 0 unspecified atom stereocenters. The molecule has 0 N–H and O–H groups in total. The van der Waals surface area contributed by atoms with Crippen LogP contribution in [0.15, 0.2) is 18.2 Å². The number of hydrogen-bond acceptors (Lipinski definition) is 6. The molecule has 1 aliphatic carbocycles. The van der Waals surface area contributed by atoms with Gasteiger partial charge in [-0.2, -0.15) is 0 Å². The standard InChI is InChI=1S/C18H22N2O5S/c21-18(13-3-4-16-17(7-13)25-11-24-16)20-6-5-19(8-12-1-2-12)14-9-26(22,23)10-15(14)20/h3-4,7,12,14-15H,1-2,5-6,8-11H2/t14-,15+/m1/s1. The summed E-state index contributed by atoms with van der Waals surface area (Å²) < 4.78 is 35.3. The van der Waals surface area contributed by atoms with Gasteiger partial charge >= 0.3 is 0 Å². The fraction of sp³-hybridized carbons (Fsp3) is 0.611. The van der Waals surface area contributed by atoms with Gasteiger partial charge in [0.2, 0.25) is 6.79 Å². The van der Waals surface area contributed by atoms with Crippen LogP contribution in [0.4, 0.5) is 0 Å². The summed E-state index contributed by atoms with van der Waals surface area (Å²) in [4.78, 5) is 17.2. The molecule has 3 heterocycles. The van der Waals surface area contributed by atoms with E-state index in [9.17, 15) is 13.2 Å². The molecule has 5 rings (SSSR count). The molecule has 1 aromatic carbocycles. The lowest BCUT2D eigenvalue weighted by molar-refractivity contribution is 0.0318. The number of ether oxygens (including phenoxy) is 2. The maximum absolute atomic E-state index is 13.1. The number of sulfone groups is 1. The number of nitrogens with zero attached hydrogens (tertiary/aromatic N) is 2. The van der Waals surface area contributed by atoms with E-state index in [2.05, 4.69) is 4.90 Å². The Hall–Kier alpha value is -1.80. The number of hydrogen-bond donors (Lipinski definition) is 0. The Kier molecular flexibility index (Phi) is 3.69. The molecule has 2 atom stereocenters. The lowest BCUT2D eigenvalue weighted by Gasteiger charge is -2.44. The van der Waals surface area contributed by atoms with Crippen LogP contribution in [0.1, 0.15) is 23.2 Å². The zero-order valence-electron chi connectivity index (χ0n) is 14.5. The fourth-order valence-electron chi connectivity index (χ4n) is 4.33. The van der Waals surface area contributed by atoms with Crippen molar-refractivity contribution in [2.45, 2.75) is 24.9 Å². The minimum atomic E-state index is -3.12. The predicted octanol–water partition coefficient (Wildman–Crippen LogP) is 0.749. The summed E-state index contributed by atoms with van der Waals surface area (Å²) in [6.07, 6.45) is 2.47. The summed E-state index contributed by atoms with van der Waals surface area (Å²) in [6, 6.07) is 4.82. The summed E-state index contributed by atoms with van der Waals surface area (Å²) in [7, 11) is -3.12. The fourth-order valence-corrected chi connectivity index (χ4v) is 6.34. The van der Waals surface area contributed by atoms with Gasteiger partial charge in [0.15, 0.2) is 21.3 Å². The Morgan fingerprint density at radius 3 is 2.65 bits per heavy atom. The molecule has 0 spiro atoms.